The molecule has 0 amide bonds. The number of halogens is 2. The molecule has 0 saturated carbocycles. The van der Waals surface area contributed by atoms with Gasteiger partial charge in [-0.05, 0) is 49.2 Å². The van der Waals surface area contributed by atoms with E-state index in [1.165, 1.54) is 9.95 Å². The van der Waals surface area contributed by atoms with Gasteiger partial charge in [0.25, 0.3) is 0 Å². The summed E-state index contributed by atoms with van der Waals surface area (Å²) in [5.74, 6) is -2.62. The van der Waals surface area contributed by atoms with Gasteiger partial charge in [0, 0.05) is 10.9 Å². The van der Waals surface area contributed by atoms with Gasteiger partial charge >= 0.3 is 4.87 Å². The van der Waals surface area contributed by atoms with Crippen LogP contribution in [-0.2, 0) is 10.0 Å². The first kappa shape index (κ1) is 18.4. The van der Waals surface area contributed by atoms with Crippen molar-refractivity contribution in [1.82, 2.24) is 4.57 Å². The molecule has 0 aliphatic rings. The van der Waals surface area contributed by atoms with Crippen LogP contribution < -0.4 is 10.0 Å². The number of rotatable bonds is 3. The predicted molar refractivity (Wildman–Crippen MR) is 96.1 cm³/mol. The number of primary sulfonamides is 1. The van der Waals surface area contributed by atoms with Crippen LogP contribution in [0.2, 0.25) is 0 Å². The average molecular weight is 396 g/mol. The van der Waals surface area contributed by atoms with E-state index in [2.05, 4.69) is 0 Å². The second-order valence-corrected chi connectivity index (χ2v) is 8.12. The third kappa shape index (κ3) is 3.20. The van der Waals surface area contributed by atoms with Crippen LogP contribution in [0, 0.1) is 25.5 Å². The molecule has 5 nitrogen and oxygen atoms in total. The van der Waals surface area contributed by atoms with Crippen molar-refractivity contribution in [3.05, 3.63) is 68.1 Å². The summed E-state index contributed by atoms with van der Waals surface area (Å²) in [7, 11) is -4.55. The van der Waals surface area contributed by atoms with Crippen LogP contribution in [0.5, 0.6) is 0 Å². The SMILES string of the molecule is Cc1ccc(-n2c(-c3cc(F)c(S(N)(=O)=O)c(F)c3)csc2=O)cc1C. The maximum atomic E-state index is 14.2. The van der Waals surface area contributed by atoms with E-state index in [0.717, 1.165) is 34.6 Å². The molecule has 26 heavy (non-hydrogen) atoms. The van der Waals surface area contributed by atoms with Gasteiger partial charge in [-0.1, -0.05) is 17.4 Å². The quantitative estimate of drug-likeness (QED) is 0.739. The molecule has 0 aliphatic heterocycles. The highest BCUT2D eigenvalue weighted by molar-refractivity contribution is 7.89. The van der Waals surface area contributed by atoms with Crippen LogP contribution >= 0.6 is 11.3 Å². The van der Waals surface area contributed by atoms with Gasteiger partial charge in [-0.2, -0.15) is 0 Å². The highest BCUT2D eigenvalue weighted by Crippen LogP contribution is 2.29. The molecule has 1 aromatic heterocycles. The zero-order chi connectivity index (χ0) is 19.2. The maximum absolute atomic E-state index is 14.2. The Balaban J connectivity index is 2.24. The van der Waals surface area contributed by atoms with Crippen molar-refractivity contribution in [3.63, 3.8) is 0 Å². The summed E-state index contributed by atoms with van der Waals surface area (Å²) in [6, 6.07) is 7.05. The van der Waals surface area contributed by atoms with Gasteiger partial charge in [0.05, 0.1) is 11.4 Å². The number of aryl methyl sites for hydroxylation is 2. The number of hydrogen-bond donors (Lipinski definition) is 1. The Morgan fingerprint density at radius 3 is 2.19 bits per heavy atom. The fourth-order valence-electron chi connectivity index (χ4n) is 2.60. The largest absolute Gasteiger partial charge is 0.312 e. The molecule has 2 N–H and O–H groups in total. The summed E-state index contributed by atoms with van der Waals surface area (Å²) in [5, 5.41) is 6.30. The van der Waals surface area contributed by atoms with Gasteiger partial charge in [0.2, 0.25) is 10.0 Å². The van der Waals surface area contributed by atoms with E-state index in [1.807, 2.05) is 19.9 Å². The van der Waals surface area contributed by atoms with Gasteiger partial charge in [-0.3, -0.25) is 9.36 Å². The van der Waals surface area contributed by atoms with E-state index in [1.54, 1.807) is 12.1 Å². The topological polar surface area (TPSA) is 82.2 Å². The van der Waals surface area contributed by atoms with E-state index >= 15 is 0 Å². The molecule has 0 spiro atoms. The molecule has 9 heteroatoms. The van der Waals surface area contributed by atoms with E-state index in [4.69, 9.17) is 5.14 Å². The minimum absolute atomic E-state index is 0.0315. The molecular weight excluding hydrogens is 382 g/mol. The normalized spacial score (nSPS) is 11.7. The molecule has 3 rings (SSSR count). The number of benzene rings is 2. The van der Waals surface area contributed by atoms with Crippen molar-refractivity contribution in [2.75, 3.05) is 0 Å². The second-order valence-electron chi connectivity index (χ2n) is 5.80. The van der Waals surface area contributed by atoms with Crippen molar-refractivity contribution in [2.45, 2.75) is 18.7 Å². The fraction of sp³-hybridized carbons (Fsp3) is 0.118. The Morgan fingerprint density at radius 2 is 1.65 bits per heavy atom. The highest BCUT2D eigenvalue weighted by Gasteiger charge is 2.23. The zero-order valence-corrected chi connectivity index (χ0v) is 15.4. The number of aromatic nitrogens is 1. The van der Waals surface area contributed by atoms with Crippen LogP contribution in [0.4, 0.5) is 8.78 Å². The number of hydrogen-bond acceptors (Lipinski definition) is 4. The predicted octanol–water partition coefficient (Wildman–Crippen LogP) is 3.11. The van der Waals surface area contributed by atoms with E-state index < -0.39 is 26.6 Å². The fourth-order valence-corrected chi connectivity index (χ4v) is 4.02. The first-order valence-electron chi connectivity index (χ1n) is 7.40. The smallest absolute Gasteiger partial charge is 0.267 e. The number of nitrogens with two attached hydrogens (primary N) is 1. The van der Waals surface area contributed by atoms with Crippen molar-refractivity contribution < 1.29 is 17.2 Å². The van der Waals surface area contributed by atoms with Crippen LogP contribution in [0.25, 0.3) is 16.9 Å². The van der Waals surface area contributed by atoms with Crippen LogP contribution in [-0.4, -0.2) is 13.0 Å². The summed E-state index contributed by atoms with van der Waals surface area (Å²) < 4.78 is 52.3. The minimum Gasteiger partial charge on any atom is -0.267 e. The maximum Gasteiger partial charge on any atom is 0.312 e. The lowest BCUT2D eigenvalue weighted by Gasteiger charge is -2.11. The van der Waals surface area contributed by atoms with Crippen molar-refractivity contribution in [3.8, 4) is 16.9 Å². The lowest BCUT2D eigenvalue weighted by molar-refractivity contribution is 0.520. The average Bonchev–Trinajstić information content (AvgIpc) is 2.89. The molecule has 0 bridgehead atoms. The summed E-state index contributed by atoms with van der Waals surface area (Å²) in [6.45, 7) is 3.81. The lowest BCUT2D eigenvalue weighted by atomic mass is 10.1. The van der Waals surface area contributed by atoms with E-state index in [-0.39, 0.29) is 16.1 Å². The standard InChI is InChI=1S/C17H14F2N2O3S2/c1-9-3-4-12(5-10(9)2)21-15(8-25-17(21)22)11-6-13(18)16(14(19)7-11)26(20,23)24/h3-8H,1-2H3,(H2,20,23,24). The molecule has 2 aromatic carbocycles. The Kier molecular flexibility index (Phi) is 4.55. The number of sulfonamides is 1. The Hall–Kier alpha value is -2.36. The van der Waals surface area contributed by atoms with Crippen molar-refractivity contribution in [2.24, 2.45) is 5.14 Å². The lowest BCUT2D eigenvalue weighted by Crippen LogP contribution is -2.17. The molecule has 136 valence electrons. The van der Waals surface area contributed by atoms with Gasteiger partial charge in [-0.15, -0.1) is 0 Å². The van der Waals surface area contributed by atoms with Crippen molar-refractivity contribution >= 4 is 21.4 Å². The second kappa shape index (κ2) is 6.42. The third-order valence-corrected chi connectivity index (χ3v) is 5.71. The van der Waals surface area contributed by atoms with Crippen LogP contribution in [0.15, 0.2) is 45.4 Å². The summed E-state index contributed by atoms with van der Waals surface area (Å²) in [6.07, 6.45) is 0. The molecular formula is C17H14F2N2O3S2. The molecule has 0 radical (unpaired) electrons. The van der Waals surface area contributed by atoms with Gasteiger partial charge in [0.15, 0.2) is 4.90 Å². The van der Waals surface area contributed by atoms with Gasteiger partial charge in [-0.25, -0.2) is 22.3 Å². The van der Waals surface area contributed by atoms with Gasteiger partial charge in [0.1, 0.15) is 11.6 Å². The molecule has 0 aliphatic carbocycles. The monoisotopic (exact) mass is 396 g/mol. The molecule has 0 atom stereocenters. The van der Waals surface area contributed by atoms with Crippen molar-refractivity contribution in [1.29, 1.82) is 0 Å². The first-order valence-corrected chi connectivity index (χ1v) is 9.82. The Labute approximate surface area is 152 Å². The third-order valence-electron chi connectivity index (χ3n) is 4.02. The summed E-state index contributed by atoms with van der Waals surface area (Å²) in [5.41, 5.74) is 2.82. The number of nitrogens with zero attached hydrogens (tertiary/aromatic N) is 1. The molecule has 3 aromatic rings. The summed E-state index contributed by atoms with van der Waals surface area (Å²) >= 11 is 0.872. The van der Waals surface area contributed by atoms with E-state index in [9.17, 15) is 22.0 Å². The van der Waals surface area contributed by atoms with Crippen LogP contribution in [0.3, 0.4) is 0 Å². The molecule has 0 saturated heterocycles. The zero-order valence-electron chi connectivity index (χ0n) is 13.8. The Morgan fingerprint density at radius 1 is 1.04 bits per heavy atom. The molecule has 0 unspecified atom stereocenters. The van der Waals surface area contributed by atoms with Gasteiger partial charge < -0.3 is 0 Å². The summed E-state index contributed by atoms with van der Waals surface area (Å²) in [4.78, 5) is 10.8. The number of thiazole rings is 1. The Bertz CT molecular complexity index is 1160. The van der Waals surface area contributed by atoms with Crippen LogP contribution in [0.1, 0.15) is 11.1 Å². The van der Waals surface area contributed by atoms with E-state index in [0.29, 0.717) is 5.69 Å². The molecule has 0 fully saturated rings. The molecule has 1 heterocycles. The minimum atomic E-state index is -4.55. The highest BCUT2D eigenvalue weighted by atomic mass is 32.2. The first-order chi connectivity index (χ1) is 12.1.